The maximum absolute atomic E-state index is 11.9. The van der Waals surface area contributed by atoms with Crippen molar-refractivity contribution in [1.29, 1.82) is 0 Å². The highest BCUT2D eigenvalue weighted by molar-refractivity contribution is 6.04. The van der Waals surface area contributed by atoms with Gasteiger partial charge in [0, 0.05) is 0 Å². The van der Waals surface area contributed by atoms with E-state index in [-0.39, 0.29) is 11.5 Å². The fourth-order valence-corrected chi connectivity index (χ4v) is 1.93. The molecule has 0 heterocycles. The number of ketones is 1. The summed E-state index contributed by atoms with van der Waals surface area (Å²) in [5.41, 5.74) is 1.68. The Hall–Kier alpha value is -3.01. The lowest BCUT2D eigenvalue weighted by Crippen LogP contribution is -1.87. The first-order valence-corrected chi connectivity index (χ1v) is 7.03. The zero-order chi connectivity index (χ0) is 16.7. The Balaban J connectivity index is 2.01. The lowest BCUT2D eigenvalue weighted by molar-refractivity contribution is -0.110. The molecule has 0 unspecified atom stereocenters. The average molecular weight is 310 g/mol. The van der Waals surface area contributed by atoms with Crippen molar-refractivity contribution in [1.82, 2.24) is 0 Å². The summed E-state index contributed by atoms with van der Waals surface area (Å²) in [6, 6.07) is 12.3. The molecule has 0 saturated carbocycles. The van der Waals surface area contributed by atoms with Crippen molar-refractivity contribution in [3.8, 4) is 17.2 Å². The van der Waals surface area contributed by atoms with Crippen LogP contribution in [0.4, 0.5) is 0 Å². The molecule has 0 bridgehead atoms. The Morgan fingerprint density at radius 2 is 1.52 bits per heavy atom. The third kappa shape index (κ3) is 4.74. The van der Waals surface area contributed by atoms with Crippen LogP contribution in [0.1, 0.15) is 11.1 Å². The van der Waals surface area contributed by atoms with Crippen LogP contribution in [0.5, 0.6) is 17.2 Å². The van der Waals surface area contributed by atoms with Crippen LogP contribution in [-0.2, 0) is 4.79 Å². The second-order valence-corrected chi connectivity index (χ2v) is 4.77. The summed E-state index contributed by atoms with van der Waals surface area (Å²) in [5.74, 6) is 1.08. The molecule has 1 N–H and O–H groups in total. The van der Waals surface area contributed by atoms with Gasteiger partial charge in [-0.3, -0.25) is 4.79 Å². The second-order valence-electron chi connectivity index (χ2n) is 4.77. The molecule has 4 nitrogen and oxygen atoms in total. The molecule has 4 heteroatoms. The van der Waals surface area contributed by atoms with E-state index in [0.29, 0.717) is 5.75 Å². The number of benzene rings is 2. The number of hydrogen-bond donors (Lipinski definition) is 1. The predicted octanol–water partition coefficient (Wildman–Crippen LogP) is 3.71. The third-order valence-electron chi connectivity index (χ3n) is 3.20. The van der Waals surface area contributed by atoms with Crippen LogP contribution in [-0.4, -0.2) is 25.1 Å². The van der Waals surface area contributed by atoms with Gasteiger partial charge in [0.1, 0.15) is 5.75 Å². The number of methoxy groups -OCH3 is 2. The van der Waals surface area contributed by atoms with E-state index in [1.807, 2.05) is 24.3 Å². The van der Waals surface area contributed by atoms with Crippen molar-refractivity contribution in [2.75, 3.05) is 14.2 Å². The van der Waals surface area contributed by atoms with Gasteiger partial charge in [0.05, 0.1) is 14.2 Å². The number of allylic oxidation sites excluding steroid dienone is 2. The minimum absolute atomic E-state index is 0.0652. The first-order chi connectivity index (χ1) is 11.1. The lowest BCUT2D eigenvalue weighted by Gasteiger charge is -2.03. The highest BCUT2D eigenvalue weighted by Crippen LogP contribution is 2.26. The smallest absolute Gasteiger partial charge is 0.178 e. The summed E-state index contributed by atoms with van der Waals surface area (Å²) in [6.45, 7) is 0. The van der Waals surface area contributed by atoms with Crippen molar-refractivity contribution in [2.45, 2.75) is 0 Å². The number of phenols is 1. The van der Waals surface area contributed by atoms with E-state index in [9.17, 15) is 9.90 Å². The maximum atomic E-state index is 11.9. The Kier molecular flexibility index (Phi) is 5.58. The van der Waals surface area contributed by atoms with Gasteiger partial charge in [-0.05, 0) is 47.5 Å². The lowest BCUT2D eigenvalue weighted by atomic mass is 10.1. The Bertz CT molecular complexity index is 728. The molecule has 118 valence electrons. The Morgan fingerprint density at radius 3 is 2.13 bits per heavy atom. The summed E-state index contributed by atoms with van der Waals surface area (Å²) in [5, 5.41) is 9.52. The molecule has 2 aromatic carbocycles. The zero-order valence-electron chi connectivity index (χ0n) is 13.0. The minimum Gasteiger partial charge on any atom is -0.504 e. The number of ether oxygens (including phenoxy) is 2. The molecule has 0 aliphatic heterocycles. The molecule has 2 rings (SSSR count). The molecular weight excluding hydrogens is 292 g/mol. The van der Waals surface area contributed by atoms with Gasteiger partial charge in [0.2, 0.25) is 0 Å². The quantitative estimate of drug-likeness (QED) is 0.827. The molecule has 0 atom stereocenters. The topological polar surface area (TPSA) is 55.8 Å². The number of phenolic OH excluding ortho intramolecular Hbond substituents is 1. The monoisotopic (exact) mass is 310 g/mol. The molecule has 0 saturated heterocycles. The summed E-state index contributed by atoms with van der Waals surface area (Å²) >= 11 is 0. The van der Waals surface area contributed by atoms with Crippen LogP contribution in [0, 0.1) is 0 Å². The summed E-state index contributed by atoms with van der Waals surface area (Å²) in [7, 11) is 3.09. The average Bonchev–Trinajstić information content (AvgIpc) is 2.59. The third-order valence-corrected chi connectivity index (χ3v) is 3.20. The summed E-state index contributed by atoms with van der Waals surface area (Å²) in [4.78, 5) is 11.9. The highest BCUT2D eigenvalue weighted by Gasteiger charge is 2.00. The number of carbonyl (C=O) groups is 1. The first-order valence-electron chi connectivity index (χ1n) is 7.03. The number of aromatic hydroxyl groups is 1. The molecule has 0 amide bonds. The van der Waals surface area contributed by atoms with Crippen molar-refractivity contribution >= 4 is 17.9 Å². The van der Waals surface area contributed by atoms with Gasteiger partial charge in [-0.25, -0.2) is 0 Å². The van der Waals surface area contributed by atoms with Crippen LogP contribution < -0.4 is 9.47 Å². The number of rotatable bonds is 6. The van der Waals surface area contributed by atoms with E-state index >= 15 is 0 Å². The Morgan fingerprint density at radius 1 is 0.913 bits per heavy atom. The van der Waals surface area contributed by atoms with Gasteiger partial charge in [-0.15, -0.1) is 0 Å². The zero-order valence-corrected chi connectivity index (χ0v) is 13.0. The standard InChI is InChI=1S/C19H18O4/c1-22-17-10-5-14(6-11-17)3-8-16(20)9-4-15-7-12-18(21)19(13-15)23-2/h3-13,21H,1-2H3. The Labute approximate surface area is 135 Å². The molecule has 0 aliphatic rings. The van der Waals surface area contributed by atoms with Crippen LogP contribution in [0.3, 0.4) is 0 Å². The first kappa shape index (κ1) is 16.4. The van der Waals surface area contributed by atoms with Crippen molar-refractivity contribution in [2.24, 2.45) is 0 Å². The molecule has 0 aliphatic carbocycles. The molecule has 0 fully saturated rings. The summed E-state index contributed by atoms with van der Waals surface area (Å²) in [6.07, 6.45) is 6.37. The van der Waals surface area contributed by atoms with Gasteiger partial charge in [-0.1, -0.05) is 30.4 Å². The number of hydrogen-bond acceptors (Lipinski definition) is 4. The molecule has 2 aromatic rings. The van der Waals surface area contributed by atoms with Crippen LogP contribution >= 0.6 is 0 Å². The second kappa shape index (κ2) is 7.84. The van der Waals surface area contributed by atoms with Gasteiger partial charge >= 0.3 is 0 Å². The van der Waals surface area contributed by atoms with E-state index in [0.717, 1.165) is 16.9 Å². The van der Waals surface area contributed by atoms with Gasteiger partial charge in [-0.2, -0.15) is 0 Å². The maximum Gasteiger partial charge on any atom is 0.178 e. The van der Waals surface area contributed by atoms with E-state index in [4.69, 9.17) is 9.47 Å². The molecule has 23 heavy (non-hydrogen) atoms. The van der Waals surface area contributed by atoms with Gasteiger partial charge in [0.25, 0.3) is 0 Å². The van der Waals surface area contributed by atoms with Crippen LogP contribution in [0.2, 0.25) is 0 Å². The molecule has 0 spiro atoms. The van der Waals surface area contributed by atoms with Gasteiger partial charge in [0.15, 0.2) is 17.3 Å². The van der Waals surface area contributed by atoms with Crippen molar-refractivity contribution in [3.63, 3.8) is 0 Å². The number of carbonyl (C=O) groups excluding carboxylic acids is 1. The normalized spacial score (nSPS) is 11.0. The highest BCUT2D eigenvalue weighted by atomic mass is 16.5. The van der Waals surface area contributed by atoms with Gasteiger partial charge < -0.3 is 14.6 Å². The van der Waals surface area contributed by atoms with E-state index in [2.05, 4.69) is 0 Å². The molecule has 0 radical (unpaired) electrons. The van der Waals surface area contributed by atoms with Crippen LogP contribution in [0.15, 0.2) is 54.6 Å². The van der Waals surface area contributed by atoms with E-state index < -0.39 is 0 Å². The largest absolute Gasteiger partial charge is 0.504 e. The minimum atomic E-state index is -0.132. The van der Waals surface area contributed by atoms with Crippen LogP contribution in [0.25, 0.3) is 12.2 Å². The van der Waals surface area contributed by atoms with Crippen molar-refractivity contribution in [3.05, 3.63) is 65.7 Å². The van der Waals surface area contributed by atoms with E-state index in [1.165, 1.54) is 25.3 Å². The molecule has 0 aromatic heterocycles. The molecular formula is C19H18O4. The summed E-state index contributed by atoms with van der Waals surface area (Å²) < 4.78 is 10.1. The SMILES string of the molecule is COc1ccc(C=CC(=O)C=Cc2ccc(O)c(OC)c2)cc1. The predicted molar refractivity (Wildman–Crippen MR) is 90.7 cm³/mol. The van der Waals surface area contributed by atoms with E-state index in [1.54, 1.807) is 31.4 Å². The fourth-order valence-electron chi connectivity index (χ4n) is 1.93. The fraction of sp³-hybridized carbons (Fsp3) is 0.105. The van der Waals surface area contributed by atoms with Crippen molar-refractivity contribution < 1.29 is 19.4 Å².